The molecule has 5 nitrogen and oxygen atoms in total. The Balaban J connectivity index is 1.09. The van der Waals surface area contributed by atoms with Crippen LogP contribution < -0.4 is 0 Å². The average molecular weight is 627 g/mol. The number of pyridine rings is 1. The van der Waals surface area contributed by atoms with Crippen LogP contribution in [0.5, 0.6) is 0 Å². The Morgan fingerprint density at radius 2 is 0.939 bits per heavy atom. The smallest absolute Gasteiger partial charge is 0.164 e. The predicted octanol–water partition coefficient (Wildman–Crippen LogP) is 11.3. The Bertz CT molecular complexity index is 2890. The van der Waals surface area contributed by atoms with Gasteiger partial charge in [0.25, 0.3) is 0 Å². The molecule has 49 heavy (non-hydrogen) atoms. The molecule has 0 amide bonds. The van der Waals surface area contributed by atoms with Gasteiger partial charge in [0.05, 0.1) is 11.1 Å². The van der Waals surface area contributed by atoms with Gasteiger partial charge < -0.3 is 4.42 Å². The van der Waals surface area contributed by atoms with Crippen molar-refractivity contribution in [1.29, 1.82) is 0 Å². The number of hydrogen-bond donors (Lipinski definition) is 0. The van der Waals surface area contributed by atoms with E-state index in [9.17, 15) is 0 Å². The van der Waals surface area contributed by atoms with Crippen molar-refractivity contribution in [3.8, 4) is 45.4 Å². The quantitative estimate of drug-likeness (QED) is 0.194. The maximum atomic E-state index is 6.43. The Labute approximate surface area is 281 Å². The van der Waals surface area contributed by atoms with E-state index in [-0.39, 0.29) is 0 Å². The van der Waals surface area contributed by atoms with Crippen LogP contribution in [0.25, 0.3) is 99.7 Å². The minimum Gasteiger partial charge on any atom is -0.455 e. The highest BCUT2D eigenvalue weighted by molar-refractivity contribution is 6.18. The predicted molar refractivity (Wildman–Crippen MR) is 199 cm³/mol. The van der Waals surface area contributed by atoms with Crippen LogP contribution in [-0.2, 0) is 0 Å². The molecule has 7 aromatic carbocycles. The van der Waals surface area contributed by atoms with Crippen molar-refractivity contribution < 1.29 is 4.42 Å². The van der Waals surface area contributed by atoms with Gasteiger partial charge in [-0.1, -0.05) is 121 Å². The molecule has 0 saturated heterocycles. The van der Waals surface area contributed by atoms with Gasteiger partial charge in [0, 0.05) is 39.2 Å². The summed E-state index contributed by atoms with van der Waals surface area (Å²) in [5, 5.41) is 8.87. The van der Waals surface area contributed by atoms with Crippen LogP contribution in [-0.4, -0.2) is 19.9 Å². The zero-order valence-electron chi connectivity index (χ0n) is 26.2. The maximum Gasteiger partial charge on any atom is 0.164 e. The molecule has 0 atom stereocenters. The summed E-state index contributed by atoms with van der Waals surface area (Å²) < 4.78 is 6.43. The summed E-state index contributed by atoms with van der Waals surface area (Å²) in [5.41, 5.74) is 6.48. The van der Waals surface area contributed by atoms with Crippen LogP contribution in [0.1, 0.15) is 0 Å². The Morgan fingerprint density at radius 1 is 0.388 bits per heavy atom. The molecule has 0 saturated carbocycles. The maximum absolute atomic E-state index is 6.43. The van der Waals surface area contributed by atoms with Crippen molar-refractivity contribution >= 4 is 54.3 Å². The molecule has 0 bridgehead atoms. The summed E-state index contributed by atoms with van der Waals surface area (Å²) in [6.45, 7) is 0. The van der Waals surface area contributed by atoms with E-state index in [0.29, 0.717) is 17.5 Å². The summed E-state index contributed by atoms with van der Waals surface area (Å²) in [7, 11) is 0. The van der Waals surface area contributed by atoms with Crippen LogP contribution in [0.3, 0.4) is 0 Å². The highest BCUT2D eigenvalue weighted by atomic mass is 16.3. The molecular weight excluding hydrogens is 601 g/mol. The van der Waals surface area contributed by atoms with Gasteiger partial charge in [-0.25, -0.2) is 15.0 Å². The lowest BCUT2D eigenvalue weighted by Gasteiger charge is -2.10. The first kappa shape index (κ1) is 27.4. The molecule has 228 valence electrons. The number of furan rings is 1. The Morgan fingerprint density at radius 3 is 1.69 bits per heavy atom. The van der Waals surface area contributed by atoms with E-state index in [0.717, 1.165) is 76.8 Å². The fourth-order valence-electron chi connectivity index (χ4n) is 6.88. The molecule has 0 fully saturated rings. The number of hydrogen-bond acceptors (Lipinski definition) is 5. The summed E-state index contributed by atoms with van der Waals surface area (Å²) in [5.74, 6) is 1.92. The van der Waals surface area contributed by atoms with Crippen molar-refractivity contribution in [2.45, 2.75) is 0 Å². The van der Waals surface area contributed by atoms with E-state index in [1.807, 2.05) is 42.6 Å². The largest absolute Gasteiger partial charge is 0.455 e. The van der Waals surface area contributed by atoms with Gasteiger partial charge in [-0.2, -0.15) is 0 Å². The molecule has 0 aliphatic rings. The van der Waals surface area contributed by atoms with Crippen molar-refractivity contribution in [2.24, 2.45) is 0 Å². The van der Waals surface area contributed by atoms with Gasteiger partial charge in [-0.15, -0.1) is 0 Å². The molecule has 0 unspecified atom stereocenters. The fraction of sp³-hybridized carbons (Fsp3) is 0. The first-order valence-corrected chi connectivity index (χ1v) is 16.3. The van der Waals surface area contributed by atoms with Gasteiger partial charge in [0.1, 0.15) is 11.2 Å². The molecule has 10 rings (SSSR count). The van der Waals surface area contributed by atoms with Crippen LogP contribution in [0.4, 0.5) is 0 Å². The molecule has 0 radical (unpaired) electrons. The van der Waals surface area contributed by atoms with Gasteiger partial charge in [-0.3, -0.25) is 4.98 Å². The molecule has 0 aliphatic heterocycles. The monoisotopic (exact) mass is 626 g/mol. The van der Waals surface area contributed by atoms with Crippen molar-refractivity contribution in [1.82, 2.24) is 19.9 Å². The second-order valence-corrected chi connectivity index (χ2v) is 12.3. The number of aromatic nitrogens is 4. The van der Waals surface area contributed by atoms with Gasteiger partial charge in [0.2, 0.25) is 0 Å². The van der Waals surface area contributed by atoms with Crippen molar-refractivity contribution in [2.75, 3.05) is 0 Å². The second-order valence-electron chi connectivity index (χ2n) is 12.3. The number of benzene rings is 7. The fourth-order valence-corrected chi connectivity index (χ4v) is 6.88. The van der Waals surface area contributed by atoms with Crippen LogP contribution in [0.15, 0.2) is 162 Å². The number of rotatable bonds is 4. The summed E-state index contributed by atoms with van der Waals surface area (Å²) in [6.07, 6.45) is 1.83. The van der Waals surface area contributed by atoms with Crippen molar-refractivity contribution in [3.05, 3.63) is 158 Å². The third-order valence-electron chi connectivity index (χ3n) is 9.32. The molecular formula is C44H26N4O. The average Bonchev–Trinajstić information content (AvgIpc) is 3.57. The Hall–Kier alpha value is -6.72. The summed E-state index contributed by atoms with van der Waals surface area (Å²) in [4.78, 5) is 19.8. The molecule has 3 aromatic heterocycles. The normalized spacial score (nSPS) is 11.7. The van der Waals surface area contributed by atoms with Crippen LogP contribution in [0.2, 0.25) is 0 Å². The number of nitrogens with zero attached hydrogens (tertiary/aromatic N) is 4. The minimum absolute atomic E-state index is 0.631. The molecule has 3 heterocycles. The SMILES string of the molecule is c1ccc(-c2nc(-c3ccc4ccccc4c3)nc(-c3ccc4cc(-c5nccc6oc7c8ccccc8ccc7c56)ccc4c3)n2)cc1. The number of fused-ring (bicyclic) bond motifs is 7. The highest BCUT2D eigenvalue weighted by Crippen LogP contribution is 2.39. The van der Waals surface area contributed by atoms with Crippen LogP contribution in [0, 0.1) is 0 Å². The highest BCUT2D eigenvalue weighted by Gasteiger charge is 2.17. The lowest BCUT2D eigenvalue weighted by molar-refractivity contribution is 0.672. The zero-order chi connectivity index (χ0) is 32.3. The summed E-state index contributed by atoms with van der Waals surface area (Å²) >= 11 is 0. The topological polar surface area (TPSA) is 64.7 Å². The van der Waals surface area contributed by atoms with E-state index in [1.54, 1.807) is 0 Å². The minimum atomic E-state index is 0.631. The molecule has 0 aliphatic carbocycles. The van der Waals surface area contributed by atoms with E-state index in [1.165, 1.54) is 5.39 Å². The second kappa shape index (κ2) is 10.9. The zero-order valence-corrected chi connectivity index (χ0v) is 26.2. The van der Waals surface area contributed by atoms with E-state index in [4.69, 9.17) is 24.4 Å². The lowest BCUT2D eigenvalue weighted by atomic mass is 9.99. The first-order valence-electron chi connectivity index (χ1n) is 16.3. The first-order chi connectivity index (χ1) is 24.2. The molecule has 0 spiro atoms. The lowest BCUT2D eigenvalue weighted by Crippen LogP contribution is -2.00. The third-order valence-corrected chi connectivity index (χ3v) is 9.32. The van der Waals surface area contributed by atoms with Gasteiger partial charge in [-0.05, 0) is 57.3 Å². The molecule has 5 heteroatoms. The standard InChI is InChI=1S/C44H26N4O/c1-2-10-29(11-3-1)42-46-43(34-18-14-27-8-4-5-12-30(27)25-34)48-44(47-42)35-19-16-31-24-33(17-15-32(31)26-35)40-39-37-21-20-28-9-6-7-13-36(28)41(37)49-38(39)22-23-45-40/h1-26H. The molecule has 0 N–H and O–H groups in total. The van der Waals surface area contributed by atoms with Crippen LogP contribution >= 0.6 is 0 Å². The van der Waals surface area contributed by atoms with Gasteiger partial charge >= 0.3 is 0 Å². The van der Waals surface area contributed by atoms with E-state index < -0.39 is 0 Å². The van der Waals surface area contributed by atoms with Crippen molar-refractivity contribution in [3.63, 3.8) is 0 Å². The van der Waals surface area contributed by atoms with E-state index >= 15 is 0 Å². The third kappa shape index (κ3) is 4.63. The Kier molecular flexibility index (Phi) is 6.11. The van der Waals surface area contributed by atoms with Gasteiger partial charge in [0.15, 0.2) is 17.5 Å². The van der Waals surface area contributed by atoms with E-state index in [2.05, 4.69) is 115 Å². The molecule has 10 aromatic rings. The summed E-state index contributed by atoms with van der Waals surface area (Å²) in [6, 6.07) is 52.2.